The molecular formula is C12H17FO3. The average Bonchev–Trinajstić information content (AvgIpc) is 2.19. The van der Waals surface area contributed by atoms with E-state index in [4.69, 9.17) is 9.47 Å². The van der Waals surface area contributed by atoms with Crippen molar-refractivity contribution in [3.05, 3.63) is 29.1 Å². The molecule has 0 unspecified atom stereocenters. The summed E-state index contributed by atoms with van der Waals surface area (Å²) in [5.41, 5.74) is -0.308. The number of rotatable bonds is 4. The molecule has 0 aliphatic rings. The Kier molecular flexibility index (Phi) is 3.88. The van der Waals surface area contributed by atoms with Gasteiger partial charge >= 0.3 is 0 Å². The summed E-state index contributed by atoms with van der Waals surface area (Å²) in [6.07, 6.45) is 0. The van der Waals surface area contributed by atoms with Gasteiger partial charge in [0.1, 0.15) is 0 Å². The number of benzene rings is 1. The van der Waals surface area contributed by atoms with Gasteiger partial charge in [-0.25, -0.2) is 4.39 Å². The van der Waals surface area contributed by atoms with Crippen LogP contribution in [-0.2, 0) is 16.9 Å². The van der Waals surface area contributed by atoms with Gasteiger partial charge in [0.25, 0.3) is 0 Å². The van der Waals surface area contributed by atoms with Crippen molar-refractivity contribution in [1.82, 2.24) is 0 Å². The minimum absolute atomic E-state index is 0.0713. The molecule has 0 fully saturated rings. The number of ether oxygens (including phenoxy) is 2. The number of hydrogen-bond acceptors (Lipinski definition) is 3. The maximum atomic E-state index is 13.9. The van der Waals surface area contributed by atoms with Crippen LogP contribution >= 0.6 is 0 Å². The van der Waals surface area contributed by atoms with Crippen LogP contribution in [0.25, 0.3) is 0 Å². The van der Waals surface area contributed by atoms with Crippen molar-refractivity contribution in [3.8, 4) is 5.75 Å². The van der Waals surface area contributed by atoms with Gasteiger partial charge < -0.3 is 14.6 Å². The van der Waals surface area contributed by atoms with Gasteiger partial charge in [-0.1, -0.05) is 12.1 Å². The monoisotopic (exact) mass is 228 g/mol. The molecule has 0 spiro atoms. The van der Waals surface area contributed by atoms with Crippen LogP contribution in [0.15, 0.2) is 12.1 Å². The van der Waals surface area contributed by atoms with Crippen LogP contribution < -0.4 is 4.74 Å². The van der Waals surface area contributed by atoms with Gasteiger partial charge in [-0.3, -0.25) is 0 Å². The summed E-state index contributed by atoms with van der Waals surface area (Å²) >= 11 is 0. The molecule has 0 heterocycles. The molecule has 16 heavy (non-hydrogen) atoms. The first kappa shape index (κ1) is 12.9. The van der Waals surface area contributed by atoms with Crippen LogP contribution in [0.3, 0.4) is 0 Å². The minimum atomic E-state index is -1.14. The van der Waals surface area contributed by atoms with Crippen LogP contribution in [0, 0.1) is 5.82 Å². The molecule has 0 bridgehead atoms. The fraction of sp³-hybridized carbons (Fsp3) is 0.500. The van der Waals surface area contributed by atoms with Gasteiger partial charge in [-0.15, -0.1) is 0 Å². The van der Waals surface area contributed by atoms with Gasteiger partial charge in [-0.2, -0.15) is 0 Å². The third kappa shape index (κ3) is 2.51. The highest BCUT2D eigenvalue weighted by Crippen LogP contribution is 2.33. The molecule has 0 radical (unpaired) electrons. The van der Waals surface area contributed by atoms with E-state index in [9.17, 15) is 9.50 Å². The Labute approximate surface area is 94.8 Å². The van der Waals surface area contributed by atoms with E-state index in [-0.39, 0.29) is 12.4 Å². The van der Waals surface area contributed by atoms with E-state index in [1.165, 1.54) is 14.2 Å². The van der Waals surface area contributed by atoms with Crippen molar-refractivity contribution in [2.45, 2.75) is 26.1 Å². The molecule has 0 aliphatic carbocycles. The molecular weight excluding hydrogens is 211 g/mol. The van der Waals surface area contributed by atoms with E-state index < -0.39 is 11.4 Å². The Hall–Kier alpha value is -1.13. The van der Waals surface area contributed by atoms with E-state index in [0.29, 0.717) is 11.1 Å². The molecule has 0 saturated heterocycles. The SMILES string of the molecule is COCc1ccc(C(C)(C)O)c(OC)c1F. The Morgan fingerprint density at radius 3 is 2.38 bits per heavy atom. The molecule has 4 heteroatoms. The van der Waals surface area contributed by atoms with Crippen molar-refractivity contribution in [1.29, 1.82) is 0 Å². The Balaban J connectivity index is 3.29. The molecule has 0 aliphatic heterocycles. The third-order valence-electron chi connectivity index (χ3n) is 2.34. The lowest BCUT2D eigenvalue weighted by molar-refractivity contribution is 0.0747. The van der Waals surface area contributed by atoms with Crippen LogP contribution in [0.2, 0.25) is 0 Å². The molecule has 1 rings (SSSR count). The Morgan fingerprint density at radius 2 is 1.94 bits per heavy atom. The molecule has 0 amide bonds. The van der Waals surface area contributed by atoms with E-state index in [2.05, 4.69) is 0 Å². The lowest BCUT2D eigenvalue weighted by Gasteiger charge is -2.22. The quantitative estimate of drug-likeness (QED) is 0.858. The van der Waals surface area contributed by atoms with Crippen LogP contribution in [0.1, 0.15) is 25.0 Å². The first-order chi connectivity index (χ1) is 7.41. The summed E-state index contributed by atoms with van der Waals surface area (Å²) in [5, 5.41) is 9.87. The zero-order chi connectivity index (χ0) is 12.3. The van der Waals surface area contributed by atoms with Gasteiger partial charge in [-0.05, 0) is 13.8 Å². The normalized spacial score (nSPS) is 11.6. The fourth-order valence-electron chi connectivity index (χ4n) is 1.55. The smallest absolute Gasteiger partial charge is 0.170 e. The molecule has 1 N–H and O–H groups in total. The number of hydrogen-bond donors (Lipinski definition) is 1. The van der Waals surface area contributed by atoms with Crippen LogP contribution in [0.5, 0.6) is 5.75 Å². The first-order valence-electron chi connectivity index (χ1n) is 4.99. The predicted octanol–water partition coefficient (Wildman–Crippen LogP) is 2.21. The lowest BCUT2D eigenvalue weighted by atomic mass is 9.95. The van der Waals surface area contributed by atoms with Crippen LogP contribution in [0.4, 0.5) is 4.39 Å². The molecule has 3 nitrogen and oxygen atoms in total. The van der Waals surface area contributed by atoms with E-state index in [1.807, 2.05) is 0 Å². The van der Waals surface area contributed by atoms with Crippen molar-refractivity contribution in [2.24, 2.45) is 0 Å². The second-order valence-electron chi connectivity index (χ2n) is 4.11. The molecule has 0 saturated carbocycles. The number of aliphatic hydroxyl groups is 1. The van der Waals surface area contributed by atoms with E-state index in [0.717, 1.165) is 0 Å². The highest BCUT2D eigenvalue weighted by Gasteiger charge is 2.24. The van der Waals surface area contributed by atoms with Crippen molar-refractivity contribution in [2.75, 3.05) is 14.2 Å². The van der Waals surface area contributed by atoms with Crippen LogP contribution in [-0.4, -0.2) is 19.3 Å². The summed E-state index contributed by atoms with van der Waals surface area (Å²) in [6, 6.07) is 3.24. The second kappa shape index (κ2) is 4.80. The zero-order valence-electron chi connectivity index (χ0n) is 10.0. The number of halogens is 1. The largest absolute Gasteiger partial charge is 0.493 e. The molecule has 0 aromatic heterocycles. The Morgan fingerprint density at radius 1 is 1.31 bits per heavy atom. The van der Waals surface area contributed by atoms with Gasteiger partial charge in [0.05, 0.1) is 19.3 Å². The molecule has 1 aromatic carbocycles. The van der Waals surface area contributed by atoms with Gasteiger partial charge in [0, 0.05) is 18.2 Å². The summed E-state index contributed by atoms with van der Waals surface area (Å²) in [5.74, 6) is -0.411. The zero-order valence-corrected chi connectivity index (χ0v) is 10.0. The standard InChI is InChI=1S/C12H17FO3/c1-12(2,14)9-6-5-8(7-15-3)10(13)11(9)16-4/h5-6,14H,7H2,1-4H3. The Bertz CT molecular complexity index is 369. The highest BCUT2D eigenvalue weighted by molar-refractivity contribution is 5.42. The van der Waals surface area contributed by atoms with Gasteiger partial charge in [0.15, 0.2) is 11.6 Å². The number of methoxy groups -OCH3 is 2. The lowest BCUT2D eigenvalue weighted by Crippen LogP contribution is -2.18. The van der Waals surface area contributed by atoms with Crippen molar-refractivity contribution < 1.29 is 19.0 Å². The first-order valence-corrected chi connectivity index (χ1v) is 4.99. The third-order valence-corrected chi connectivity index (χ3v) is 2.34. The maximum Gasteiger partial charge on any atom is 0.170 e. The fourth-order valence-corrected chi connectivity index (χ4v) is 1.55. The summed E-state index contributed by atoms with van der Waals surface area (Å²) < 4.78 is 23.8. The summed E-state index contributed by atoms with van der Waals surface area (Å²) in [7, 11) is 2.88. The second-order valence-corrected chi connectivity index (χ2v) is 4.11. The summed E-state index contributed by atoms with van der Waals surface area (Å²) in [6.45, 7) is 3.34. The highest BCUT2D eigenvalue weighted by atomic mass is 19.1. The summed E-state index contributed by atoms with van der Waals surface area (Å²) in [4.78, 5) is 0. The predicted molar refractivity (Wildman–Crippen MR) is 58.9 cm³/mol. The molecule has 90 valence electrons. The molecule has 0 atom stereocenters. The van der Waals surface area contributed by atoms with Crippen molar-refractivity contribution in [3.63, 3.8) is 0 Å². The minimum Gasteiger partial charge on any atom is -0.493 e. The average molecular weight is 228 g/mol. The van der Waals surface area contributed by atoms with E-state index in [1.54, 1.807) is 26.0 Å². The topological polar surface area (TPSA) is 38.7 Å². The molecule has 1 aromatic rings. The van der Waals surface area contributed by atoms with Gasteiger partial charge in [0.2, 0.25) is 0 Å². The maximum absolute atomic E-state index is 13.9. The van der Waals surface area contributed by atoms with E-state index >= 15 is 0 Å². The van der Waals surface area contributed by atoms with Crippen molar-refractivity contribution >= 4 is 0 Å².